The highest BCUT2D eigenvalue weighted by Crippen LogP contribution is 2.30. The summed E-state index contributed by atoms with van der Waals surface area (Å²) in [6.45, 7) is 0. The minimum atomic E-state index is -0.282. The Morgan fingerprint density at radius 3 is 2.63 bits per heavy atom. The normalized spacial score (nSPS) is 18.0. The second kappa shape index (κ2) is 6.31. The molecular weight excluding hydrogens is 377 g/mol. The number of rotatable bonds is 3. The van der Waals surface area contributed by atoms with Gasteiger partial charge in [-0.15, -0.1) is 11.6 Å². The highest BCUT2D eigenvalue weighted by molar-refractivity contribution is 14.1. The summed E-state index contributed by atoms with van der Waals surface area (Å²) in [5.74, 6) is 0.417. The second-order valence-corrected chi connectivity index (χ2v) is 6.52. The molecule has 1 aliphatic rings. The molecule has 1 saturated carbocycles. The quantitative estimate of drug-likeness (QED) is 0.608. The first-order valence-corrected chi connectivity index (χ1v) is 8.05. The van der Waals surface area contributed by atoms with Crippen molar-refractivity contribution in [3.8, 4) is 5.75 Å². The average molecular weight is 394 g/mol. The van der Waals surface area contributed by atoms with Crippen LogP contribution < -0.4 is 5.32 Å². The number of hydrogen-bond acceptors (Lipinski definition) is 2. The highest BCUT2D eigenvalue weighted by Gasteiger charge is 2.33. The number of nitrogens with one attached hydrogen (secondary N) is 1. The molecule has 2 N–H and O–H groups in total. The summed E-state index contributed by atoms with van der Waals surface area (Å²) in [4.78, 5) is 12.3. The molecule has 0 heterocycles. The van der Waals surface area contributed by atoms with Crippen molar-refractivity contribution in [2.75, 3.05) is 5.88 Å². The molecule has 3 nitrogen and oxygen atoms in total. The minimum Gasteiger partial charge on any atom is -0.507 e. The Kier molecular flexibility index (Phi) is 4.95. The molecular formula is C14H17ClINO2. The van der Waals surface area contributed by atoms with E-state index in [1.165, 1.54) is 12.5 Å². The molecule has 0 bridgehead atoms. The van der Waals surface area contributed by atoms with Crippen molar-refractivity contribution in [3.05, 3.63) is 27.3 Å². The number of phenols is 1. The first kappa shape index (κ1) is 14.9. The monoisotopic (exact) mass is 393 g/mol. The number of carbonyl (C=O) groups excluding carboxylic acids is 1. The van der Waals surface area contributed by atoms with Gasteiger partial charge in [0.25, 0.3) is 5.91 Å². The van der Waals surface area contributed by atoms with Crippen LogP contribution in [-0.4, -0.2) is 22.4 Å². The van der Waals surface area contributed by atoms with Gasteiger partial charge < -0.3 is 10.4 Å². The van der Waals surface area contributed by atoms with Crippen molar-refractivity contribution >= 4 is 40.1 Å². The summed E-state index contributed by atoms with van der Waals surface area (Å²) in [7, 11) is 0. The van der Waals surface area contributed by atoms with Crippen LogP contribution in [0.5, 0.6) is 5.75 Å². The molecule has 0 saturated heterocycles. The van der Waals surface area contributed by atoms with Gasteiger partial charge in [-0.25, -0.2) is 0 Å². The van der Waals surface area contributed by atoms with Crippen molar-refractivity contribution < 1.29 is 9.90 Å². The van der Waals surface area contributed by atoms with Crippen LogP contribution >= 0.6 is 34.2 Å². The summed E-state index contributed by atoms with van der Waals surface area (Å²) in [5.41, 5.74) is 0.197. The third-order valence-corrected chi connectivity index (χ3v) is 5.08. The van der Waals surface area contributed by atoms with Crippen LogP contribution in [0.3, 0.4) is 0 Å². The van der Waals surface area contributed by atoms with E-state index >= 15 is 0 Å². The van der Waals surface area contributed by atoms with E-state index in [-0.39, 0.29) is 17.2 Å². The number of hydrogen-bond donors (Lipinski definition) is 2. The van der Waals surface area contributed by atoms with Crippen molar-refractivity contribution in [2.24, 2.45) is 0 Å². The van der Waals surface area contributed by atoms with Crippen molar-refractivity contribution in [3.63, 3.8) is 0 Å². The molecule has 104 valence electrons. The summed E-state index contributed by atoms with van der Waals surface area (Å²) < 4.78 is 0.735. The zero-order valence-corrected chi connectivity index (χ0v) is 13.5. The van der Waals surface area contributed by atoms with E-state index in [4.69, 9.17) is 11.6 Å². The Balaban J connectivity index is 2.12. The van der Waals surface area contributed by atoms with Gasteiger partial charge in [-0.2, -0.15) is 0 Å². The van der Waals surface area contributed by atoms with E-state index in [1.807, 2.05) is 22.6 Å². The molecule has 1 fully saturated rings. The lowest BCUT2D eigenvalue weighted by Gasteiger charge is -2.36. The summed E-state index contributed by atoms with van der Waals surface area (Å²) >= 11 is 8.09. The maximum atomic E-state index is 12.3. The third-order valence-electron chi connectivity index (χ3n) is 3.65. The van der Waals surface area contributed by atoms with Gasteiger partial charge in [0, 0.05) is 11.4 Å². The maximum absolute atomic E-state index is 12.3. The SMILES string of the molecule is O=C(NC1(CCl)CCCCC1)c1ccc(I)c(O)c1. The number of amides is 1. The molecule has 19 heavy (non-hydrogen) atoms. The molecule has 1 amide bonds. The van der Waals surface area contributed by atoms with Crippen molar-refractivity contribution in [1.29, 1.82) is 0 Å². The lowest BCUT2D eigenvalue weighted by atomic mass is 9.83. The average Bonchev–Trinajstić information content (AvgIpc) is 2.43. The van der Waals surface area contributed by atoms with E-state index in [1.54, 1.807) is 12.1 Å². The summed E-state index contributed by atoms with van der Waals surface area (Å²) in [5, 5.41) is 12.7. The van der Waals surface area contributed by atoms with E-state index in [2.05, 4.69) is 5.32 Å². The maximum Gasteiger partial charge on any atom is 0.251 e. The van der Waals surface area contributed by atoms with E-state index in [0.717, 1.165) is 29.3 Å². The number of carbonyl (C=O) groups is 1. The summed E-state index contributed by atoms with van der Waals surface area (Å²) in [6.07, 6.45) is 5.27. The fourth-order valence-corrected chi connectivity index (χ4v) is 3.16. The number of benzene rings is 1. The van der Waals surface area contributed by atoms with Gasteiger partial charge in [0.15, 0.2) is 0 Å². The predicted molar refractivity (Wildman–Crippen MR) is 84.8 cm³/mol. The first-order chi connectivity index (χ1) is 9.06. The van der Waals surface area contributed by atoms with Crippen LogP contribution in [0.1, 0.15) is 42.5 Å². The number of aromatic hydroxyl groups is 1. The van der Waals surface area contributed by atoms with E-state index in [9.17, 15) is 9.90 Å². The van der Waals surface area contributed by atoms with E-state index < -0.39 is 0 Å². The van der Waals surface area contributed by atoms with Crippen LogP contribution in [0.4, 0.5) is 0 Å². The molecule has 0 atom stereocenters. The molecule has 1 aromatic carbocycles. The largest absolute Gasteiger partial charge is 0.507 e. The van der Waals surface area contributed by atoms with Gasteiger partial charge in [-0.1, -0.05) is 19.3 Å². The predicted octanol–water partition coefficient (Wildman–Crippen LogP) is 3.67. The van der Waals surface area contributed by atoms with Crippen molar-refractivity contribution in [1.82, 2.24) is 5.32 Å². The first-order valence-electron chi connectivity index (χ1n) is 6.43. The lowest BCUT2D eigenvalue weighted by molar-refractivity contribution is 0.0884. The standard InChI is InChI=1S/C14H17ClINO2/c15-9-14(6-2-1-3-7-14)17-13(19)10-4-5-11(16)12(18)8-10/h4-5,8,18H,1-3,6-7,9H2,(H,17,19). The van der Waals surface area contributed by atoms with Gasteiger partial charge in [-0.05, 0) is 53.6 Å². The summed E-state index contributed by atoms with van der Waals surface area (Å²) in [6, 6.07) is 4.96. The van der Waals surface area contributed by atoms with Crippen LogP contribution in [0.2, 0.25) is 0 Å². The zero-order valence-electron chi connectivity index (χ0n) is 10.6. The van der Waals surface area contributed by atoms with Gasteiger partial charge >= 0.3 is 0 Å². The molecule has 0 spiro atoms. The van der Waals surface area contributed by atoms with Gasteiger partial charge in [-0.3, -0.25) is 4.79 Å². The van der Waals surface area contributed by atoms with Crippen LogP contribution in [-0.2, 0) is 0 Å². The number of halogens is 2. The van der Waals surface area contributed by atoms with Crippen LogP contribution in [0, 0.1) is 3.57 Å². The fourth-order valence-electron chi connectivity index (χ4n) is 2.49. The third kappa shape index (κ3) is 3.54. The number of phenolic OH excluding ortho intramolecular Hbond substituents is 1. The smallest absolute Gasteiger partial charge is 0.251 e. The Morgan fingerprint density at radius 1 is 1.37 bits per heavy atom. The molecule has 1 aliphatic carbocycles. The molecule has 0 unspecified atom stereocenters. The molecule has 1 aromatic rings. The highest BCUT2D eigenvalue weighted by atomic mass is 127. The van der Waals surface area contributed by atoms with Crippen LogP contribution in [0.15, 0.2) is 18.2 Å². The molecule has 0 radical (unpaired) electrons. The Labute approximate surface area is 131 Å². The van der Waals surface area contributed by atoms with E-state index in [0.29, 0.717) is 11.4 Å². The molecule has 0 aliphatic heterocycles. The topological polar surface area (TPSA) is 49.3 Å². The number of alkyl halides is 1. The molecule has 0 aromatic heterocycles. The van der Waals surface area contributed by atoms with Gasteiger partial charge in [0.1, 0.15) is 5.75 Å². The van der Waals surface area contributed by atoms with Crippen LogP contribution in [0.25, 0.3) is 0 Å². The lowest BCUT2D eigenvalue weighted by Crippen LogP contribution is -2.51. The van der Waals surface area contributed by atoms with Gasteiger partial charge in [0.05, 0.1) is 9.11 Å². The minimum absolute atomic E-state index is 0.136. The Bertz CT molecular complexity index is 473. The van der Waals surface area contributed by atoms with Crippen molar-refractivity contribution in [2.45, 2.75) is 37.6 Å². The Morgan fingerprint density at radius 2 is 2.05 bits per heavy atom. The molecule has 5 heteroatoms. The fraction of sp³-hybridized carbons (Fsp3) is 0.500. The van der Waals surface area contributed by atoms with Gasteiger partial charge in [0.2, 0.25) is 0 Å². The second-order valence-electron chi connectivity index (χ2n) is 5.09. The zero-order chi connectivity index (χ0) is 13.9. The Hall–Kier alpha value is -0.490. The molecule has 2 rings (SSSR count).